The van der Waals surface area contributed by atoms with Crippen LogP contribution < -0.4 is 0 Å². The Labute approximate surface area is 126 Å². The Balaban J connectivity index is 1.64. The van der Waals surface area contributed by atoms with E-state index in [0.29, 0.717) is 0 Å². The van der Waals surface area contributed by atoms with Gasteiger partial charge in [0.15, 0.2) is 0 Å². The molecule has 5 rings (SSSR count). The molecule has 1 aromatic rings. The van der Waals surface area contributed by atoms with E-state index < -0.39 is 0 Å². The van der Waals surface area contributed by atoms with Crippen LogP contribution in [-0.2, 0) is 7.05 Å². The summed E-state index contributed by atoms with van der Waals surface area (Å²) in [5, 5.41) is 4.24. The minimum atomic E-state index is 0.133. The van der Waals surface area contributed by atoms with Crippen LogP contribution in [0.2, 0.25) is 0 Å². The van der Waals surface area contributed by atoms with E-state index in [0.717, 1.165) is 29.0 Å². The predicted molar refractivity (Wildman–Crippen MR) is 80.9 cm³/mol. The first-order valence-electron chi connectivity index (χ1n) is 8.25. The third kappa shape index (κ3) is 1.87. The van der Waals surface area contributed by atoms with Gasteiger partial charge in [0.25, 0.3) is 5.91 Å². The molecule has 0 unspecified atom stereocenters. The molecule has 0 N–H and O–H groups in total. The molecule has 4 fully saturated rings. The van der Waals surface area contributed by atoms with Gasteiger partial charge in [0.1, 0.15) is 0 Å². The number of hydrogen-bond acceptors (Lipinski definition) is 2. The van der Waals surface area contributed by atoms with Gasteiger partial charge in [-0.1, -0.05) is 0 Å². The van der Waals surface area contributed by atoms with Crippen molar-refractivity contribution in [1.29, 1.82) is 0 Å². The van der Waals surface area contributed by atoms with Crippen LogP contribution in [0.15, 0.2) is 6.20 Å². The van der Waals surface area contributed by atoms with Gasteiger partial charge in [-0.05, 0) is 63.2 Å². The first-order chi connectivity index (χ1) is 9.98. The Bertz CT molecular complexity index is 554. The molecule has 4 bridgehead atoms. The number of amides is 1. The summed E-state index contributed by atoms with van der Waals surface area (Å²) in [6, 6.07) is 0. The van der Waals surface area contributed by atoms with Crippen molar-refractivity contribution in [2.45, 2.75) is 51.0 Å². The van der Waals surface area contributed by atoms with Crippen molar-refractivity contribution in [3.63, 3.8) is 0 Å². The molecule has 0 spiro atoms. The summed E-state index contributed by atoms with van der Waals surface area (Å²) in [7, 11) is 3.93. The van der Waals surface area contributed by atoms with E-state index in [1.54, 1.807) is 10.9 Å². The van der Waals surface area contributed by atoms with E-state index in [2.05, 4.69) is 10.00 Å². The van der Waals surface area contributed by atoms with Gasteiger partial charge in [0.05, 0.1) is 11.8 Å². The maximum Gasteiger partial charge on any atom is 0.257 e. The van der Waals surface area contributed by atoms with Crippen LogP contribution in [0.4, 0.5) is 0 Å². The van der Waals surface area contributed by atoms with Gasteiger partial charge in [-0.25, -0.2) is 0 Å². The number of hydrogen-bond donors (Lipinski definition) is 0. The highest BCUT2D eigenvalue weighted by Crippen LogP contribution is 2.57. The van der Waals surface area contributed by atoms with Crippen molar-refractivity contribution in [2.24, 2.45) is 24.8 Å². The molecule has 4 nitrogen and oxygen atoms in total. The van der Waals surface area contributed by atoms with Crippen LogP contribution in [0.3, 0.4) is 0 Å². The van der Waals surface area contributed by atoms with Crippen molar-refractivity contribution in [1.82, 2.24) is 14.7 Å². The quantitative estimate of drug-likeness (QED) is 0.839. The molecule has 4 aliphatic rings. The Morgan fingerprint density at radius 3 is 2.19 bits per heavy atom. The molecule has 0 atom stereocenters. The molecule has 114 valence electrons. The Kier molecular flexibility index (Phi) is 2.76. The zero-order valence-corrected chi connectivity index (χ0v) is 13.3. The fourth-order valence-corrected chi connectivity index (χ4v) is 5.58. The number of rotatable bonds is 2. The average molecular weight is 287 g/mol. The molecule has 21 heavy (non-hydrogen) atoms. The van der Waals surface area contributed by atoms with E-state index in [-0.39, 0.29) is 11.4 Å². The summed E-state index contributed by atoms with van der Waals surface area (Å²) in [6.07, 6.45) is 9.63. The largest absolute Gasteiger partial charge is 0.336 e. The first kappa shape index (κ1) is 13.4. The SMILES string of the molecule is Cc1c(C(=O)N(C)C23CC4CC(CC(C4)C2)C3)cnn1C. The highest BCUT2D eigenvalue weighted by Gasteiger charge is 2.53. The van der Waals surface area contributed by atoms with Gasteiger partial charge in [0.2, 0.25) is 0 Å². The Hall–Kier alpha value is -1.32. The van der Waals surface area contributed by atoms with Crippen molar-refractivity contribution < 1.29 is 4.79 Å². The zero-order valence-electron chi connectivity index (χ0n) is 13.3. The molecule has 1 heterocycles. The van der Waals surface area contributed by atoms with E-state index in [9.17, 15) is 4.79 Å². The molecule has 0 aromatic carbocycles. The van der Waals surface area contributed by atoms with Gasteiger partial charge in [-0.3, -0.25) is 9.48 Å². The Morgan fingerprint density at radius 1 is 1.24 bits per heavy atom. The summed E-state index contributed by atoms with van der Waals surface area (Å²) < 4.78 is 1.79. The van der Waals surface area contributed by atoms with E-state index >= 15 is 0 Å². The molecule has 0 aliphatic heterocycles. The monoisotopic (exact) mass is 287 g/mol. The van der Waals surface area contributed by atoms with Gasteiger partial charge in [-0.2, -0.15) is 5.10 Å². The number of carbonyl (C=O) groups excluding carboxylic acids is 1. The lowest BCUT2D eigenvalue weighted by molar-refractivity contribution is -0.0665. The van der Waals surface area contributed by atoms with E-state index in [1.165, 1.54) is 38.5 Å². The zero-order chi connectivity index (χ0) is 14.8. The summed E-state index contributed by atoms with van der Waals surface area (Å²) >= 11 is 0. The minimum absolute atomic E-state index is 0.133. The molecular weight excluding hydrogens is 262 g/mol. The molecule has 4 saturated carbocycles. The molecule has 0 saturated heterocycles. The van der Waals surface area contributed by atoms with Crippen LogP contribution in [-0.4, -0.2) is 33.2 Å². The van der Waals surface area contributed by atoms with Gasteiger partial charge < -0.3 is 4.90 Å². The van der Waals surface area contributed by atoms with Crippen molar-refractivity contribution in [3.8, 4) is 0 Å². The molecule has 1 aromatic heterocycles. The lowest BCUT2D eigenvalue weighted by atomic mass is 9.52. The molecule has 4 aliphatic carbocycles. The first-order valence-corrected chi connectivity index (χ1v) is 8.25. The number of nitrogens with zero attached hydrogens (tertiary/aromatic N) is 3. The maximum absolute atomic E-state index is 13.0. The van der Waals surface area contributed by atoms with Crippen molar-refractivity contribution >= 4 is 5.91 Å². The fourth-order valence-electron chi connectivity index (χ4n) is 5.58. The highest BCUT2D eigenvalue weighted by atomic mass is 16.2. The number of aryl methyl sites for hydroxylation is 1. The molecule has 4 heteroatoms. The lowest BCUT2D eigenvalue weighted by Gasteiger charge is -2.59. The van der Waals surface area contributed by atoms with Crippen molar-refractivity contribution in [2.75, 3.05) is 7.05 Å². The van der Waals surface area contributed by atoms with E-state index in [1.807, 2.05) is 21.0 Å². The predicted octanol–water partition coefficient (Wildman–Crippen LogP) is 2.77. The molecule has 0 radical (unpaired) electrons. The second-order valence-corrected chi connectivity index (χ2v) is 7.77. The van der Waals surface area contributed by atoms with Gasteiger partial charge in [0, 0.05) is 25.3 Å². The minimum Gasteiger partial charge on any atom is -0.336 e. The topological polar surface area (TPSA) is 38.1 Å². The summed E-state index contributed by atoms with van der Waals surface area (Å²) in [5.41, 5.74) is 1.88. The van der Waals surface area contributed by atoms with Gasteiger partial charge >= 0.3 is 0 Å². The number of carbonyl (C=O) groups is 1. The van der Waals surface area contributed by atoms with E-state index in [4.69, 9.17) is 0 Å². The molecule has 1 amide bonds. The second-order valence-electron chi connectivity index (χ2n) is 7.77. The third-order valence-electron chi connectivity index (χ3n) is 6.49. The lowest BCUT2D eigenvalue weighted by Crippen LogP contribution is -2.60. The fraction of sp³-hybridized carbons (Fsp3) is 0.765. The average Bonchev–Trinajstić information content (AvgIpc) is 2.76. The summed E-state index contributed by atoms with van der Waals surface area (Å²) in [5.74, 6) is 2.76. The highest BCUT2D eigenvalue weighted by molar-refractivity contribution is 5.95. The standard InChI is InChI=1S/C17H25N3O/c1-11-15(10-18-20(11)3)16(21)19(2)17-7-12-4-13(8-17)6-14(5-12)9-17/h10,12-14H,4-9H2,1-3H3. The Morgan fingerprint density at radius 2 is 1.76 bits per heavy atom. The third-order valence-corrected chi connectivity index (χ3v) is 6.49. The van der Waals surface area contributed by atoms with Crippen LogP contribution in [0.5, 0.6) is 0 Å². The maximum atomic E-state index is 13.0. The summed E-state index contributed by atoms with van der Waals surface area (Å²) in [6.45, 7) is 1.98. The van der Waals surface area contributed by atoms with Crippen LogP contribution in [0, 0.1) is 24.7 Å². The van der Waals surface area contributed by atoms with Crippen LogP contribution in [0.1, 0.15) is 54.6 Å². The molecular formula is C17H25N3O. The van der Waals surface area contributed by atoms with Gasteiger partial charge in [-0.15, -0.1) is 0 Å². The second kappa shape index (κ2) is 4.34. The summed E-state index contributed by atoms with van der Waals surface area (Å²) in [4.78, 5) is 15.1. The van der Waals surface area contributed by atoms with Crippen LogP contribution in [0.25, 0.3) is 0 Å². The smallest absolute Gasteiger partial charge is 0.257 e. The number of aromatic nitrogens is 2. The normalized spacial score (nSPS) is 37.0. The van der Waals surface area contributed by atoms with Crippen LogP contribution >= 0.6 is 0 Å². The van der Waals surface area contributed by atoms with Crippen molar-refractivity contribution in [3.05, 3.63) is 17.5 Å².